The number of amides is 1. The molecule has 1 aromatic rings. The number of primary amides is 1. The van der Waals surface area contributed by atoms with Gasteiger partial charge < -0.3 is 25.4 Å². The molecule has 7 heteroatoms. The molecule has 0 spiro atoms. The average molecular weight is 394 g/mol. The molecule has 28 heavy (non-hydrogen) atoms. The fourth-order valence-electron chi connectivity index (χ4n) is 4.32. The number of nitrogens with two attached hydrogens (primary N) is 1. The number of benzene rings is 1. The van der Waals surface area contributed by atoms with E-state index >= 15 is 0 Å². The minimum absolute atomic E-state index is 0.214. The fourth-order valence-corrected chi connectivity index (χ4v) is 4.32. The molecule has 0 radical (unpaired) electrons. The molecule has 6 nitrogen and oxygen atoms in total. The van der Waals surface area contributed by atoms with E-state index in [1.165, 1.54) is 12.1 Å². The lowest BCUT2D eigenvalue weighted by Crippen LogP contribution is -2.62. The van der Waals surface area contributed by atoms with Crippen molar-refractivity contribution in [3.8, 4) is 0 Å². The molecule has 0 aliphatic carbocycles. The van der Waals surface area contributed by atoms with Crippen molar-refractivity contribution in [1.82, 2.24) is 10.2 Å². The largest absolute Gasteiger partial charge is 0.368 e. The highest BCUT2D eigenvalue weighted by Crippen LogP contribution is 2.36. The Balaban J connectivity index is 1.53. The Bertz CT molecular complexity index is 651. The summed E-state index contributed by atoms with van der Waals surface area (Å²) >= 11 is 0. The number of carbonyl (C=O) groups excluding carboxylic acids is 1. The van der Waals surface area contributed by atoms with Gasteiger partial charge in [0, 0.05) is 31.1 Å². The van der Waals surface area contributed by atoms with Crippen LogP contribution in [0, 0.1) is 5.82 Å². The maximum atomic E-state index is 13.3. The quantitative estimate of drug-likeness (QED) is 0.708. The normalized spacial score (nSPS) is 21.9. The van der Waals surface area contributed by atoms with E-state index < -0.39 is 11.3 Å². The van der Waals surface area contributed by atoms with Gasteiger partial charge in [-0.05, 0) is 51.8 Å². The zero-order valence-corrected chi connectivity index (χ0v) is 16.9. The summed E-state index contributed by atoms with van der Waals surface area (Å²) in [6.07, 6.45) is 3.03. The molecule has 0 bridgehead atoms. The van der Waals surface area contributed by atoms with Gasteiger partial charge in [-0.15, -0.1) is 0 Å². The van der Waals surface area contributed by atoms with Crippen LogP contribution in [-0.4, -0.2) is 55.2 Å². The van der Waals surface area contributed by atoms with Crippen molar-refractivity contribution in [2.75, 3.05) is 32.8 Å². The van der Waals surface area contributed by atoms with E-state index in [1.807, 2.05) is 13.8 Å². The average Bonchev–Trinajstić information content (AvgIpc) is 3.13. The summed E-state index contributed by atoms with van der Waals surface area (Å²) < 4.78 is 25.1. The van der Waals surface area contributed by atoms with E-state index in [0.717, 1.165) is 44.5 Å². The predicted molar refractivity (Wildman–Crippen MR) is 105 cm³/mol. The SMILES string of the molecule is CC(C)NC1(C(N)=O)CCN(CCCC2(c3ccc(F)cc3)OCCO2)CC1. The summed E-state index contributed by atoms with van der Waals surface area (Å²) in [5.74, 6) is -1.30. The van der Waals surface area contributed by atoms with Crippen molar-refractivity contribution in [3.63, 3.8) is 0 Å². The number of rotatable bonds is 8. The topological polar surface area (TPSA) is 76.8 Å². The highest BCUT2D eigenvalue weighted by Gasteiger charge is 2.41. The van der Waals surface area contributed by atoms with Crippen LogP contribution in [-0.2, 0) is 20.1 Å². The van der Waals surface area contributed by atoms with E-state index in [9.17, 15) is 9.18 Å². The van der Waals surface area contributed by atoms with Gasteiger partial charge in [-0.2, -0.15) is 0 Å². The van der Waals surface area contributed by atoms with Gasteiger partial charge in [0.2, 0.25) is 5.91 Å². The number of hydrogen-bond donors (Lipinski definition) is 2. The summed E-state index contributed by atoms with van der Waals surface area (Å²) in [4.78, 5) is 14.4. The second-order valence-electron chi connectivity index (χ2n) is 8.15. The van der Waals surface area contributed by atoms with Crippen molar-refractivity contribution in [3.05, 3.63) is 35.6 Å². The van der Waals surface area contributed by atoms with Crippen LogP contribution < -0.4 is 11.1 Å². The minimum atomic E-state index is -0.778. The van der Waals surface area contributed by atoms with E-state index in [4.69, 9.17) is 15.2 Å². The molecule has 156 valence electrons. The van der Waals surface area contributed by atoms with E-state index in [1.54, 1.807) is 12.1 Å². The monoisotopic (exact) mass is 393 g/mol. The summed E-state index contributed by atoms with van der Waals surface area (Å²) in [6, 6.07) is 6.57. The molecule has 2 fully saturated rings. The van der Waals surface area contributed by atoms with Crippen LogP contribution in [0.1, 0.15) is 45.1 Å². The third kappa shape index (κ3) is 4.71. The Morgan fingerprint density at radius 3 is 2.36 bits per heavy atom. The van der Waals surface area contributed by atoms with Crippen LogP contribution in [0.4, 0.5) is 4.39 Å². The van der Waals surface area contributed by atoms with Crippen LogP contribution in [0.25, 0.3) is 0 Å². The van der Waals surface area contributed by atoms with Crippen LogP contribution >= 0.6 is 0 Å². The van der Waals surface area contributed by atoms with Gasteiger partial charge >= 0.3 is 0 Å². The summed E-state index contributed by atoms with van der Waals surface area (Å²) in [7, 11) is 0. The molecule has 2 saturated heterocycles. The molecule has 2 heterocycles. The lowest BCUT2D eigenvalue weighted by atomic mass is 9.86. The van der Waals surface area contributed by atoms with Crippen molar-refractivity contribution in [2.24, 2.45) is 5.73 Å². The highest BCUT2D eigenvalue weighted by molar-refractivity contribution is 5.84. The first-order valence-corrected chi connectivity index (χ1v) is 10.2. The summed E-state index contributed by atoms with van der Waals surface area (Å²) in [6.45, 7) is 7.71. The Hall–Kier alpha value is -1.54. The van der Waals surface area contributed by atoms with Crippen LogP contribution in [0.2, 0.25) is 0 Å². The number of hydrogen-bond acceptors (Lipinski definition) is 5. The van der Waals surface area contributed by atoms with Crippen molar-refractivity contribution < 1.29 is 18.7 Å². The minimum Gasteiger partial charge on any atom is -0.368 e. The number of likely N-dealkylation sites (tertiary alicyclic amines) is 1. The molecule has 0 saturated carbocycles. The van der Waals surface area contributed by atoms with Crippen LogP contribution in [0.3, 0.4) is 0 Å². The van der Waals surface area contributed by atoms with Gasteiger partial charge in [-0.1, -0.05) is 12.1 Å². The predicted octanol–water partition coefficient (Wildman–Crippen LogP) is 2.12. The van der Waals surface area contributed by atoms with Gasteiger partial charge in [-0.3, -0.25) is 4.79 Å². The molecule has 3 N–H and O–H groups in total. The second kappa shape index (κ2) is 8.86. The zero-order chi connectivity index (χ0) is 20.2. The number of carbonyl (C=O) groups is 1. The first kappa shape index (κ1) is 21.2. The number of nitrogens with zero attached hydrogens (tertiary/aromatic N) is 1. The van der Waals surface area contributed by atoms with Gasteiger partial charge in [-0.25, -0.2) is 4.39 Å². The summed E-state index contributed by atoms with van der Waals surface area (Å²) in [5.41, 5.74) is 5.95. The Labute approximate surface area is 166 Å². The maximum absolute atomic E-state index is 13.3. The molecular formula is C21H32FN3O3. The van der Waals surface area contributed by atoms with Crippen molar-refractivity contribution >= 4 is 5.91 Å². The lowest BCUT2D eigenvalue weighted by molar-refractivity contribution is -0.172. The highest BCUT2D eigenvalue weighted by atomic mass is 19.1. The van der Waals surface area contributed by atoms with Crippen LogP contribution in [0.5, 0.6) is 0 Å². The lowest BCUT2D eigenvalue weighted by Gasteiger charge is -2.41. The second-order valence-corrected chi connectivity index (χ2v) is 8.15. The van der Waals surface area contributed by atoms with E-state index in [2.05, 4.69) is 10.2 Å². The van der Waals surface area contributed by atoms with Crippen molar-refractivity contribution in [1.29, 1.82) is 0 Å². The molecule has 0 aromatic heterocycles. The van der Waals surface area contributed by atoms with E-state index in [-0.39, 0.29) is 17.8 Å². The smallest absolute Gasteiger partial charge is 0.237 e. The van der Waals surface area contributed by atoms with Crippen LogP contribution in [0.15, 0.2) is 24.3 Å². The first-order valence-electron chi connectivity index (χ1n) is 10.2. The standard InChI is InChI=1S/C21H32FN3O3/c1-16(2)24-20(19(23)26)9-12-25(13-10-20)11-3-8-21(27-14-15-28-21)17-4-6-18(22)7-5-17/h4-7,16,24H,3,8-15H2,1-2H3,(H2,23,26). The number of halogens is 1. The first-order chi connectivity index (χ1) is 13.4. The Kier molecular flexibility index (Phi) is 6.70. The fraction of sp³-hybridized carbons (Fsp3) is 0.667. The third-order valence-electron chi connectivity index (χ3n) is 5.76. The third-order valence-corrected chi connectivity index (χ3v) is 5.76. The number of ether oxygens (including phenoxy) is 2. The Morgan fingerprint density at radius 2 is 1.82 bits per heavy atom. The van der Waals surface area contributed by atoms with Crippen molar-refractivity contribution in [2.45, 2.75) is 56.9 Å². The van der Waals surface area contributed by atoms with Gasteiger partial charge in [0.1, 0.15) is 11.4 Å². The Morgan fingerprint density at radius 1 is 1.21 bits per heavy atom. The zero-order valence-electron chi connectivity index (χ0n) is 16.9. The van der Waals surface area contributed by atoms with Gasteiger partial charge in [0.05, 0.1) is 13.2 Å². The van der Waals surface area contributed by atoms with Gasteiger partial charge in [0.15, 0.2) is 5.79 Å². The molecule has 0 unspecified atom stereocenters. The maximum Gasteiger partial charge on any atom is 0.237 e. The molecule has 2 aliphatic heterocycles. The molecule has 3 rings (SSSR count). The van der Waals surface area contributed by atoms with Gasteiger partial charge in [0.25, 0.3) is 0 Å². The molecule has 1 amide bonds. The molecule has 2 aliphatic rings. The molecule has 0 atom stereocenters. The number of nitrogens with one attached hydrogen (secondary N) is 1. The summed E-state index contributed by atoms with van der Waals surface area (Å²) in [5, 5.41) is 3.38. The molecular weight excluding hydrogens is 361 g/mol. The number of piperidine rings is 1. The van der Waals surface area contributed by atoms with E-state index in [0.29, 0.717) is 19.6 Å². The molecule has 1 aromatic carbocycles.